The molecule has 2 N–H and O–H groups in total. The van der Waals surface area contributed by atoms with E-state index >= 15 is 0 Å². The van der Waals surface area contributed by atoms with Gasteiger partial charge in [0.25, 0.3) is 0 Å². The fourth-order valence-corrected chi connectivity index (χ4v) is 3.31. The van der Waals surface area contributed by atoms with Crippen LogP contribution in [0.25, 0.3) is 0 Å². The Bertz CT molecular complexity index is 805. The highest BCUT2D eigenvalue weighted by Gasteiger charge is 2.13. The number of rotatable bonds is 9. The number of hydrogen-bond donors (Lipinski definition) is 2. The minimum Gasteiger partial charge on any atom is -0.479 e. The lowest BCUT2D eigenvalue weighted by atomic mass is 10.1. The highest BCUT2D eigenvalue weighted by molar-refractivity contribution is 7.89. The SMILES string of the molecule is CC(Oc1cccc(CCCNS(=O)(=O)c2ccccc2)c1)C(=O)O. The molecule has 25 heavy (non-hydrogen) atoms. The van der Waals surface area contributed by atoms with E-state index in [-0.39, 0.29) is 4.90 Å². The average molecular weight is 363 g/mol. The Labute approximate surface area is 147 Å². The number of carboxylic acids is 1. The van der Waals surface area contributed by atoms with E-state index in [4.69, 9.17) is 9.84 Å². The van der Waals surface area contributed by atoms with Crippen molar-refractivity contribution in [2.75, 3.05) is 6.54 Å². The number of ether oxygens (including phenoxy) is 1. The van der Waals surface area contributed by atoms with Gasteiger partial charge in [-0.2, -0.15) is 0 Å². The van der Waals surface area contributed by atoms with Gasteiger partial charge in [0.2, 0.25) is 10.0 Å². The van der Waals surface area contributed by atoms with E-state index in [0.29, 0.717) is 25.1 Å². The maximum Gasteiger partial charge on any atom is 0.344 e. The van der Waals surface area contributed by atoms with E-state index in [1.807, 2.05) is 6.07 Å². The average Bonchev–Trinajstić information content (AvgIpc) is 2.60. The molecule has 0 radical (unpaired) electrons. The van der Waals surface area contributed by atoms with Crippen LogP contribution in [0.15, 0.2) is 59.5 Å². The summed E-state index contributed by atoms with van der Waals surface area (Å²) in [5, 5.41) is 8.87. The molecular formula is C18H21NO5S. The van der Waals surface area contributed by atoms with E-state index < -0.39 is 22.1 Å². The van der Waals surface area contributed by atoms with Gasteiger partial charge in [0, 0.05) is 6.54 Å². The normalized spacial score (nSPS) is 12.5. The van der Waals surface area contributed by atoms with Crippen molar-refractivity contribution in [1.29, 1.82) is 0 Å². The van der Waals surface area contributed by atoms with Crippen LogP contribution in [-0.4, -0.2) is 32.1 Å². The number of sulfonamides is 1. The van der Waals surface area contributed by atoms with Crippen LogP contribution in [0.4, 0.5) is 0 Å². The van der Waals surface area contributed by atoms with Crippen molar-refractivity contribution in [3.63, 3.8) is 0 Å². The molecule has 0 aliphatic carbocycles. The number of carboxylic acid groups (broad SMARTS) is 1. The largest absolute Gasteiger partial charge is 0.479 e. The molecule has 0 heterocycles. The van der Waals surface area contributed by atoms with Gasteiger partial charge in [0.15, 0.2) is 6.10 Å². The zero-order valence-electron chi connectivity index (χ0n) is 13.9. The summed E-state index contributed by atoms with van der Waals surface area (Å²) in [6, 6.07) is 15.4. The minimum absolute atomic E-state index is 0.244. The molecule has 0 aliphatic heterocycles. The van der Waals surface area contributed by atoms with Gasteiger partial charge in [-0.25, -0.2) is 17.9 Å². The fraction of sp³-hybridized carbons (Fsp3) is 0.278. The van der Waals surface area contributed by atoms with Gasteiger partial charge in [0.05, 0.1) is 4.90 Å². The Hall–Kier alpha value is -2.38. The molecule has 7 heteroatoms. The lowest BCUT2D eigenvalue weighted by Gasteiger charge is -2.11. The summed E-state index contributed by atoms with van der Waals surface area (Å²) in [6.07, 6.45) is 0.341. The van der Waals surface area contributed by atoms with Crippen molar-refractivity contribution in [3.05, 3.63) is 60.2 Å². The van der Waals surface area contributed by atoms with Crippen LogP contribution in [0.1, 0.15) is 18.9 Å². The Balaban J connectivity index is 1.85. The van der Waals surface area contributed by atoms with Gasteiger partial charge in [-0.05, 0) is 49.6 Å². The third kappa shape index (κ3) is 5.88. The summed E-state index contributed by atoms with van der Waals surface area (Å²) in [7, 11) is -3.49. The third-order valence-electron chi connectivity index (χ3n) is 3.55. The Morgan fingerprint density at radius 3 is 2.56 bits per heavy atom. The van der Waals surface area contributed by atoms with E-state index in [2.05, 4.69) is 4.72 Å². The maximum atomic E-state index is 12.1. The highest BCUT2D eigenvalue weighted by Crippen LogP contribution is 2.16. The molecule has 134 valence electrons. The number of nitrogens with one attached hydrogen (secondary N) is 1. The molecule has 0 bridgehead atoms. The molecule has 0 aromatic heterocycles. The first-order valence-corrected chi connectivity index (χ1v) is 9.40. The monoisotopic (exact) mass is 363 g/mol. The van der Waals surface area contributed by atoms with Crippen molar-refractivity contribution in [2.45, 2.75) is 30.8 Å². The van der Waals surface area contributed by atoms with Crippen molar-refractivity contribution in [1.82, 2.24) is 4.72 Å². The molecular weight excluding hydrogens is 342 g/mol. The molecule has 2 rings (SSSR count). The molecule has 2 aromatic carbocycles. The molecule has 0 aliphatic rings. The standard InChI is InChI=1S/C18H21NO5S/c1-14(18(20)21)24-16-9-5-7-15(13-16)8-6-12-19-25(22,23)17-10-3-2-4-11-17/h2-5,7,9-11,13-14,19H,6,8,12H2,1H3,(H,20,21). The molecule has 1 unspecified atom stereocenters. The number of benzene rings is 2. The molecule has 6 nitrogen and oxygen atoms in total. The highest BCUT2D eigenvalue weighted by atomic mass is 32.2. The van der Waals surface area contributed by atoms with Gasteiger partial charge in [-0.15, -0.1) is 0 Å². The van der Waals surface area contributed by atoms with Crippen molar-refractivity contribution in [3.8, 4) is 5.75 Å². The second-order valence-electron chi connectivity index (χ2n) is 5.56. The number of hydrogen-bond acceptors (Lipinski definition) is 4. The summed E-state index contributed by atoms with van der Waals surface area (Å²) in [5.41, 5.74) is 0.953. The first-order valence-electron chi connectivity index (χ1n) is 7.91. The van der Waals surface area contributed by atoms with E-state index in [9.17, 15) is 13.2 Å². The van der Waals surface area contributed by atoms with Gasteiger partial charge in [-0.1, -0.05) is 30.3 Å². The van der Waals surface area contributed by atoms with E-state index in [1.54, 1.807) is 48.5 Å². The number of aryl methyl sites for hydroxylation is 1. The maximum absolute atomic E-state index is 12.1. The van der Waals surface area contributed by atoms with Crippen LogP contribution < -0.4 is 9.46 Å². The minimum atomic E-state index is -3.49. The van der Waals surface area contributed by atoms with Crippen LogP contribution in [0.2, 0.25) is 0 Å². The Morgan fingerprint density at radius 2 is 1.88 bits per heavy atom. The van der Waals surface area contributed by atoms with Crippen molar-refractivity contribution in [2.24, 2.45) is 0 Å². The molecule has 2 aromatic rings. The molecule has 1 atom stereocenters. The van der Waals surface area contributed by atoms with Crippen LogP contribution in [-0.2, 0) is 21.2 Å². The van der Waals surface area contributed by atoms with E-state index in [0.717, 1.165) is 5.56 Å². The smallest absolute Gasteiger partial charge is 0.344 e. The fourth-order valence-electron chi connectivity index (χ4n) is 2.21. The Morgan fingerprint density at radius 1 is 1.16 bits per heavy atom. The first-order chi connectivity index (χ1) is 11.9. The molecule has 0 saturated heterocycles. The lowest BCUT2D eigenvalue weighted by molar-refractivity contribution is -0.144. The van der Waals surface area contributed by atoms with Gasteiger partial charge < -0.3 is 9.84 Å². The molecule has 0 amide bonds. The molecule has 0 spiro atoms. The zero-order chi connectivity index (χ0) is 18.3. The lowest BCUT2D eigenvalue weighted by Crippen LogP contribution is -2.25. The van der Waals surface area contributed by atoms with Gasteiger partial charge in [-0.3, -0.25) is 0 Å². The summed E-state index contributed by atoms with van der Waals surface area (Å²) in [6.45, 7) is 1.78. The van der Waals surface area contributed by atoms with Gasteiger partial charge >= 0.3 is 5.97 Å². The van der Waals surface area contributed by atoms with Crippen molar-refractivity contribution < 1.29 is 23.1 Å². The van der Waals surface area contributed by atoms with Crippen LogP contribution in [0.3, 0.4) is 0 Å². The van der Waals surface area contributed by atoms with Gasteiger partial charge in [0.1, 0.15) is 5.75 Å². The number of aliphatic carboxylic acids is 1. The second kappa shape index (κ2) is 8.64. The molecule has 0 fully saturated rings. The summed E-state index contributed by atoms with van der Waals surface area (Å²) in [5.74, 6) is -0.544. The van der Waals surface area contributed by atoms with E-state index in [1.165, 1.54) is 6.92 Å². The molecule has 0 saturated carbocycles. The Kier molecular flexibility index (Phi) is 6.55. The predicted molar refractivity (Wildman–Crippen MR) is 94.1 cm³/mol. The quantitative estimate of drug-likeness (QED) is 0.668. The number of carbonyl (C=O) groups is 1. The van der Waals surface area contributed by atoms with Crippen LogP contribution in [0.5, 0.6) is 5.75 Å². The van der Waals surface area contributed by atoms with Crippen LogP contribution in [0, 0.1) is 0 Å². The summed E-state index contributed by atoms with van der Waals surface area (Å²) in [4.78, 5) is 11.1. The third-order valence-corrected chi connectivity index (χ3v) is 5.02. The predicted octanol–water partition coefficient (Wildman–Crippen LogP) is 2.45. The first kappa shape index (κ1) is 19.0. The summed E-state index contributed by atoms with van der Waals surface area (Å²) < 4.78 is 32.1. The van der Waals surface area contributed by atoms with Crippen LogP contribution >= 0.6 is 0 Å². The zero-order valence-corrected chi connectivity index (χ0v) is 14.7. The summed E-state index contributed by atoms with van der Waals surface area (Å²) >= 11 is 0. The topological polar surface area (TPSA) is 92.7 Å². The second-order valence-corrected chi connectivity index (χ2v) is 7.33. The van der Waals surface area contributed by atoms with Crippen molar-refractivity contribution >= 4 is 16.0 Å².